The van der Waals surface area contributed by atoms with Crippen molar-refractivity contribution >= 4 is 17.2 Å². The summed E-state index contributed by atoms with van der Waals surface area (Å²) in [6, 6.07) is 7.55. The van der Waals surface area contributed by atoms with Crippen molar-refractivity contribution in [1.29, 1.82) is 0 Å². The predicted molar refractivity (Wildman–Crippen MR) is 92.9 cm³/mol. The Hall–Kier alpha value is -2.67. The number of para-hydroxylation sites is 2. The first-order chi connectivity index (χ1) is 11.7. The summed E-state index contributed by atoms with van der Waals surface area (Å²) in [6.07, 6.45) is 5.85. The van der Waals surface area contributed by atoms with E-state index in [1.54, 1.807) is 41.0 Å². The van der Waals surface area contributed by atoms with Crippen LogP contribution in [0.5, 0.6) is 5.75 Å². The highest BCUT2D eigenvalue weighted by Gasteiger charge is 2.14. The molecule has 7 heteroatoms. The smallest absolute Gasteiger partial charge is 0.254 e. The molecular weight excluding hydrogens is 324 g/mol. The zero-order valence-corrected chi connectivity index (χ0v) is 14.3. The van der Waals surface area contributed by atoms with Crippen LogP contribution in [0.15, 0.2) is 48.4 Å². The van der Waals surface area contributed by atoms with Crippen LogP contribution in [0.4, 0.5) is 0 Å². The highest BCUT2D eigenvalue weighted by atomic mass is 32.1. The topological polar surface area (TPSA) is 69.0 Å². The van der Waals surface area contributed by atoms with Gasteiger partial charge in [0.05, 0.1) is 24.4 Å². The van der Waals surface area contributed by atoms with Crippen LogP contribution in [-0.4, -0.2) is 33.8 Å². The average Bonchev–Trinajstić information content (AvgIpc) is 3.26. The monoisotopic (exact) mass is 342 g/mol. The molecule has 0 aliphatic heterocycles. The molecule has 3 aromatic rings. The Morgan fingerprint density at radius 2 is 2.21 bits per heavy atom. The maximum atomic E-state index is 12.4. The highest BCUT2D eigenvalue weighted by molar-refractivity contribution is 7.09. The Morgan fingerprint density at radius 1 is 1.38 bits per heavy atom. The molecule has 0 aliphatic carbocycles. The molecule has 0 saturated heterocycles. The first-order valence-electron chi connectivity index (χ1n) is 7.53. The van der Waals surface area contributed by atoms with Crippen LogP contribution in [0.1, 0.15) is 22.2 Å². The molecule has 0 unspecified atom stereocenters. The standard InChI is InChI=1S/C17H18N4O2S/c1-12(7-14-9-18-11-24-14)20-17(22)13-8-19-21(10-13)15-5-3-4-6-16(15)23-2/h3-6,8-12H,7H2,1-2H3,(H,20,22)/t12-/m0/s1. The number of thiazole rings is 1. The van der Waals surface area contributed by atoms with Crippen molar-refractivity contribution in [3.05, 3.63) is 58.8 Å². The minimum atomic E-state index is -0.145. The fourth-order valence-corrected chi connectivity index (χ4v) is 3.12. The number of aromatic nitrogens is 3. The van der Waals surface area contributed by atoms with E-state index in [9.17, 15) is 4.79 Å². The van der Waals surface area contributed by atoms with E-state index < -0.39 is 0 Å². The van der Waals surface area contributed by atoms with E-state index in [-0.39, 0.29) is 11.9 Å². The van der Waals surface area contributed by atoms with E-state index in [1.165, 1.54) is 0 Å². The molecule has 0 bridgehead atoms. The maximum absolute atomic E-state index is 12.4. The van der Waals surface area contributed by atoms with Crippen LogP contribution >= 0.6 is 11.3 Å². The number of carbonyl (C=O) groups excluding carboxylic acids is 1. The number of methoxy groups -OCH3 is 1. The third kappa shape index (κ3) is 3.62. The Labute approximate surface area is 144 Å². The molecule has 3 rings (SSSR count). The van der Waals surface area contributed by atoms with E-state index in [0.717, 1.165) is 17.0 Å². The second-order valence-electron chi connectivity index (χ2n) is 5.39. The molecule has 6 nitrogen and oxygen atoms in total. The van der Waals surface area contributed by atoms with Crippen molar-refractivity contribution in [2.24, 2.45) is 0 Å². The van der Waals surface area contributed by atoms with Crippen molar-refractivity contribution in [1.82, 2.24) is 20.1 Å². The van der Waals surface area contributed by atoms with Crippen molar-refractivity contribution in [2.75, 3.05) is 7.11 Å². The van der Waals surface area contributed by atoms with E-state index in [2.05, 4.69) is 15.4 Å². The van der Waals surface area contributed by atoms with Crippen molar-refractivity contribution in [2.45, 2.75) is 19.4 Å². The second kappa shape index (κ2) is 7.27. The zero-order chi connectivity index (χ0) is 16.9. The van der Waals surface area contributed by atoms with Crippen LogP contribution in [0.25, 0.3) is 5.69 Å². The number of carbonyl (C=O) groups is 1. The lowest BCUT2D eigenvalue weighted by molar-refractivity contribution is 0.0940. The van der Waals surface area contributed by atoms with Gasteiger partial charge in [0.15, 0.2) is 0 Å². The van der Waals surface area contributed by atoms with Gasteiger partial charge in [0, 0.05) is 29.7 Å². The molecule has 2 heterocycles. The van der Waals surface area contributed by atoms with E-state index in [1.807, 2.05) is 37.4 Å². The molecule has 1 aromatic carbocycles. The zero-order valence-electron chi connectivity index (χ0n) is 13.5. The average molecular weight is 342 g/mol. The van der Waals surface area contributed by atoms with Gasteiger partial charge in [-0.2, -0.15) is 5.10 Å². The molecule has 124 valence electrons. The summed E-state index contributed by atoms with van der Waals surface area (Å²) in [5.41, 5.74) is 3.09. The Kier molecular flexibility index (Phi) is 4.90. The van der Waals surface area contributed by atoms with Gasteiger partial charge in [0.1, 0.15) is 11.4 Å². The molecule has 1 amide bonds. The molecule has 0 aliphatic rings. The first-order valence-corrected chi connectivity index (χ1v) is 8.41. The number of hydrogen-bond acceptors (Lipinski definition) is 5. The largest absolute Gasteiger partial charge is 0.494 e. The molecule has 0 spiro atoms. The fourth-order valence-electron chi connectivity index (χ4n) is 2.39. The number of ether oxygens (including phenoxy) is 1. The minimum absolute atomic E-state index is 0.0209. The SMILES string of the molecule is COc1ccccc1-n1cc(C(=O)N[C@@H](C)Cc2cncs2)cn1. The van der Waals surface area contributed by atoms with E-state index in [0.29, 0.717) is 11.3 Å². The van der Waals surface area contributed by atoms with Gasteiger partial charge >= 0.3 is 0 Å². The van der Waals surface area contributed by atoms with Crippen LogP contribution in [0.2, 0.25) is 0 Å². The lowest BCUT2D eigenvalue weighted by Crippen LogP contribution is -2.33. The van der Waals surface area contributed by atoms with Gasteiger partial charge in [0.25, 0.3) is 5.91 Å². The lowest BCUT2D eigenvalue weighted by atomic mass is 10.2. The first kappa shape index (κ1) is 16.2. The molecule has 2 aromatic heterocycles. The predicted octanol–water partition coefficient (Wildman–Crippen LogP) is 2.70. The summed E-state index contributed by atoms with van der Waals surface area (Å²) < 4.78 is 6.97. The van der Waals surface area contributed by atoms with Gasteiger partial charge in [-0.3, -0.25) is 9.78 Å². The lowest BCUT2D eigenvalue weighted by Gasteiger charge is -2.11. The third-order valence-corrected chi connectivity index (χ3v) is 4.35. The van der Waals surface area contributed by atoms with Crippen LogP contribution in [0, 0.1) is 0 Å². The van der Waals surface area contributed by atoms with Gasteiger partial charge < -0.3 is 10.1 Å². The summed E-state index contributed by atoms with van der Waals surface area (Å²) >= 11 is 1.59. The highest BCUT2D eigenvalue weighted by Crippen LogP contribution is 2.21. The number of rotatable bonds is 6. The third-order valence-electron chi connectivity index (χ3n) is 3.55. The quantitative estimate of drug-likeness (QED) is 0.748. The van der Waals surface area contributed by atoms with Gasteiger partial charge in [-0.1, -0.05) is 12.1 Å². The van der Waals surface area contributed by atoms with Crippen molar-refractivity contribution in [3.63, 3.8) is 0 Å². The summed E-state index contributed by atoms with van der Waals surface area (Å²) in [4.78, 5) is 17.6. The van der Waals surface area contributed by atoms with Crippen LogP contribution in [-0.2, 0) is 6.42 Å². The summed E-state index contributed by atoms with van der Waals surface area (Å²) in [5.74, 6) is 0.555. The fraction of sp³-hybridized carbons (Fsp3) is 0.235. The molecule has 0 radical (unpaired) electrons. The van der Waals surface area contributed by atoms with Crippen LogP contribution in [0.3, 0.4) is 0 Å². The number of amides is 1. The molecule has 1 atom stereocenters. The number of benzene rings is 1. The minimum Gasteiger partial charge on any atom is -0.494 e. The van der Waals surface area contributed by atoms with Gasteiger partial charge in [-0.15, -0.1) is 11.3 Å². The second-order valence-corrected chi connectivity index (χ2v) is 6.36. The molecule has 0 saturated carbocycles. The van der Waals surface area contributed by atoms with E-state index in [4.69, 9.17) is 4.74 Å². The van der Waals surface area contributed by atoms with Gasteiger partial charge in [-0.05, 0) is 19.1 Å². The summed E-state index contributed by atoms with van der Waals surface area (Å²) in [7, 11) is 1.61. The van der Waals surface area contributed by atoms with Crippen LogP contribution < -0.4 is 10.1 Å². The van der Waals surface area contributed by atoms with Gasteiger partial charge in [0.2, 0.25) is 0 Å². The molecule has 1 N–H and O–H groups in total. The Bertz CT molecular complexity index is 814. The number of hydrogen-bond donors (Lipinski definition) is 1. The molecular formula is C17H18N4O2S. The number of nitrogens with zero attached hydrogens (tertiary/aromatic N) is 3. The normalized spacial score (nSPS) is 11.9. The van der Waals surface area contributed by atoms with Crippen molar-refractivity contribution in [3.8, 4) is 11.4 Å². The van der Waals surface area contributed by atoms with Crippen molar-refractivity contribution < 1.29 is 9.53 Å². The molecule has 24 heavy (non-hydrogen) atoms. The number of nitrogens with one attached hydrogen (secondary N) is 1. The maximum Gasteiger partial charge on any atom is 0.254 e. The summed E-state index contributed by atoms with van der Waals surface area (Å²) in [6.45, 7) is 1.97. The van der Waals surface area contributed by atoms with Gasteiger partial charge in [-0.25, -0.2) is 4.68 Å². The summed E-state index contributed by atoms with van der Waals surface area (Å²) in [5, 5.41) is 7.25. The Balaban J connectivity index is 1.69. The van der Waals surface area contributed by atoms with E-state index >= 15 is 0 Å². The molecule has 0 fully saturated rings. The Morgan fingerprint density at radius 3 is 2.96 bits per heavy atom.